The minimum Gasteiger partial charge on any atom is -0.341 e. The molecular formula is C19H20N6OS. The number of aromatic nitrogens is 5. The maximum atomic E-state index is 12.9. The van der Waals surface area contributed by atoms with E-state index in [1.54, 1.807) is 4.68 Å². The number of nitrogens with zero attached hydrogens (tertiary/aromatic N) is 5. The van der Waals surface area contributed by atoms with Gasteiger partial charge < -0.3 is 5.32 Å². The number of fused-ring (bicyclic) bond motifs is 1. The third kappa shape index (κ3) is 3.12. The molecule has 1 aromatic carbocycles. The summed E-state index contributed by atoms with van der Waals surface area (Å²) in [6.07, 6.45) is 4.15. The normalized spacial score (nSPS) is 12.4. The van der Waals surface area contributed by atoms with Gasteiger partial charge in [-0.3, -0.25) is 13.9 Å². The van der Waals surface area contributed by atoms with Gasteiger partial charge in [0.25, 0.3) is 5.91 Å². The molecule has 3 aromatic heterocycles. The summed E-state index contributed by atoms with van der Waals surface area (Å²) in [7, 11) is 1.82. The van der Waals surface area contributed by atoms with Crippen molar-refractivity contribution in [2.45, 2.75) is 26.3 Å². The van der Waals surface area contributed by atoms with Crippen molar-refractivity contribution in [3.8, 4) is 11.3 Å². The van der Waals surface area contributed by atoms with Crippen molar-refractivity contribution in [1.82, 2.24) is 29.5 Å². The zero-order chi connectivity index (χ0) is 19.0. The first-order chi connectivity index (χ1) is 13.1. The second-order valence-electron chi connectivity index (χ2n) is 6.39. The van der Waals surface area contributed by atoms with Crippen molar-refractivity contribution < 1.29 is 4.79 Å². The van der Waals surface area contributed by atoms with Crippen LogP contribution in [-0.4, -0.2) is 30.1 Å². The van der Waals surface area contributed by atoms with Gasteiger partial charge in [-0.25, -0.2) is 9.97 Å². The van der Waals surface area contributed by atoms with Crippen molar-refractivity contribution in [2.24, 2.45) is 7.05 Å². The van der Waals surface area contributed by atoms with E-state index in [0.29, 0.717) is 5.69 Å². The first-order valence-corrected chi connectivity index (χ1v) is 9.63. The molecule has 7 nitrogen and oxygen atoms in total. The number of nitrogens with one attached hydrogen (secondary N) is 1. The molecule has 1 N–H and O–H groups in total. The van der Waals surface area contributed by atoms with Crippen LogP contribution in [0.2, 0.25) is 0 Å². The van der Waals surface area contributed by atoms with Gasteiger partial charge >= 0.3 is 0 Å². The first kappa shape index (κ1) is 17.4. The molecule has 4 rings (SSSR count). The average Bonchev–Trinajstić information content (AvgIpc) is 3.35. The second-order valence-corrected chi connectivity index (χ2v) is 7.23. The number of imidazole rings is 1. The molecule has 0 unspecified atom stereocenters. The lowest BCUT2D eigenvalue weighted by molar-refractivity contribution is 0.0927. The van der Waals surface area contributed by atoms with Crippen LogP contribution in [0.15, 0.2) is 42.2 Å². The van der Waals surface area contributed by atoms with Crippen LogP contribution in [0, 0.1) is 6.92 Å². The Balaban J connectivity index is 1.65. The van der Waals surface area contributed by atoms with Crippen LogP contribution in [0.1, 0.15) is 41.3 Å². The van der Waals surface area contributed by atoms with Crippen molar-refractivity contribution >= 4 is 22.2 Å². The predicted octanol–water partition coefficient (Wildman–Crippen LogP) is 3.38. The van der Waals surface area contributed by atoms with E-state index >= 15 is 0 Å². The van der Waals surface area contributed by atoms with Crippen LogP contribution in [0.4, 0.5) is 0 Å². The minimum atomic E-state index is -0.195. The highest BCUT2D eigenvalue weighted by Gasteiger charge is 2.21. The summed E-state index contributed by atoms with van der Waals surface area (Å²) < 4.78 is 3.54. The first-order valence-electron chi connectivity index (χ1n) is 8.75. The summed E-state index contributed by atoms with van der Waals surface area (Å²) in [6, 6.07) is 7.91. The third-order valence-corrected chi connectivity index (χ3v) is 5.47. The lowest BCUT2D eigenvalue weighted by Crippen LogP contribution is -2.30. The summed E-state index contributed by atoms with van der Waals surface area (Å²) in [4.78, 5) is 22.6. The molecule has 1 atom stereocenters. The molecule has 0 fully saturated rings. The SMILES string of the molecule is CC[C@H](NC(=O)c1csc2nc(-c3ccccc3C)cn12)c1ncnn1C. The number of aryl methyl sites for hydroxylation is 2. The Morgan fingerprint density at radius 1 is 1.33 bits per heavy atom. The van der Waals surface area contributed by atoms with Crippen LogP contribution < -0.4 is 5.32 Å². The molecule has 4 aromatic rings. The van der Waals surface area contributed by atoms with Gasteiger partial charge in [0.05, 0.1) is 11.7 Å². The zero-order valence-corrected chi connectivity index (χ0v) is 16.2. The van der Waals surface area contributed by atoms with E-state index in [-0.39, 0.29) is 11.9 Å². The standard InChI is InChI=1S/C19H20N6OS/c1-4-14(17-20-11-21-24(17)3)22-18(26)16-10-27-19-23-15(9-25(16)19)13-8-6-5-7-12(13)2/h5-11,14H,4H2,1-3H3,(H,22,26)/t14-/m0/s1. The average molecular weight is 380 g/mol. The van der Waals surface area contributed by atoms with E-state index in [9.17, 15) is 4.79 Å². The fourth-order valence-electron chi connectivity index (χ4n) is 3.14. The molecule has 0 aliphatic heterocycles. The Morgan fingerprint density at radius 2 is 2.15 bits per heavy atom. The summed E-state index contributed by atoms with van der Waals surface area (Å²) in [5.41, 5.74) is 3.67. The molecular weight excluding hydrogens is 360 g/mol. The second kappa shape index (κ2) is 6.96. The maximum Gasteiger partial charge on any atom is 0.269 e. The largest absolute Gasteiger partial charge is 0.341 e. The smallest absolute Gasteiger partial charge is 0.269 e. The van der Waals surface area contributed by atoms with Gasteiger partial charge in [-0.1, -0.05) is 31.2 Å². The molecule has 0 aliphatic carbocycles. The highest BCUT2D eigenvalue weighted by atomic mass is 32.1. The highest BCUT2D eigenvalue weighted by molar-refractivity contribution is 7.15. The van der Waals surface area contributed by atoms with E-state index in [4.69, 9.17) is 0 Å². The van der Waals surface area contributed by atoms with E-state index in [0.717, 1.165) is 34.0 Å². The van der Waals surface area contributed by atoms with Crippen LogP contribution in [0.3, 0.4) is 0 Å². The van der Waals surface area contributed by atoms with Crippen molar-refractivity contribution in [1.29, 1.82) is 0 Å². The topological polar surface area (TPSA) is 77.1 Å². The summed E-state index contributed by atoms with van der Waals surface area (Å²) >= 11 is 1.46. The monoisotopic (exact) mass is 380 g/mol. The number of hydrogen-bond acceptors (Lipinski definition) is 5. The fraction of sp³-hybridized carbons (Fsp3) is 0.263. The number of thiazole rings is 1. The summed E-state index contributed by atoms with van der Waals surface area (Å²) in [5.74, 6) is 0.591. The minimum absolute atomic E-state index is 0.148. The molecule has 0 aliphatic rings. The van der Waals surface area contributed by atoms with Crippen molar-refractivity contribution in [2.75, 3.05) is 0 Å². The number of amides is 1. The van der Waals surface area contributed by atoms with Crippen LogP contribution >= 0.6 is 11.3 Å². The van der Waals surface area contributed by atoms with E-state index in [1.807, 2.05) is 48.1 Å². The van der Waals surface area contributed by atoms with Gasteiger partial charge in [-0.15, -0.1) is 11.3 Å². The molecule has 0 saturated heterocycles. The van der Waals surface area contributed by atoms with Gasteiger partial charge in [0.1, 0.15) is 17.8 Å². The fourth-order valence-corrected chi connectivity index (χ4v) is 3.99. The van der Waals surface area contributed by atoms with Gasteiger partial charge in [0.15, 0.2) is 4.96 Å². The molecule has 0 saturated carbocycles. The number of carbonyl (C=O) groups excluding carboxylic acids is 1. The predicted molar refractivity (Wildman–Crippen MR) is 105 cm³/mol. The molecule has 0 spiro atoms. The molecule has 27 heavy (non-hydrogen) atoms. The molecule has 0 bridgehead atoms. The molecule has 8 heteroatoms. The van der Waals surface area contributed by atoms with Gasteiger partial charge in [-0.05, 0) is 18.9 Å². The van der Waals surface area contributed by atoms with Gasteiger partial charge in [-0.2, -0.15) is 5.10 Å². The third-order valence-electron chi connectivity index (χ3n) is 4.63. The Hall–Kier alpha value is -3.00. The molecule has 3 heterocycles. The zero-order valence-electron chi connectivity index (χ0n) is 15.4. The summed E-state index contributed by atoms with van der Waals surface area (Å²) in [5, 5.41) is 8.99. The Labute approximate surface area is 160 Å². The van der Waals surface area contributed by atoms with Gasteiger partial charge in [0, 0.05) is 24.2 Å². The lowest BCUT2D eigenvalue weighted by atomic mass is 10.1. The maximum absolute atomic E-state index is 12.9. The molecule has 138 valence electrons. The number of benzene rings is 1. The van der Waals surface area contributed by atoms with E-state index < -0.39 is 0 Å². The Bertz CT molecular complexity index is 1110. The van der Waals surface area contributed by atoms with Gasteiger partial charge in [0.2, 0.25) is 0 Å². The van der Waals surface area contributed by atoms with Crippen molar-refractivity contribution in [3.05, 3.63) is 59.3 Å². The van der Waals surface area contributed by atoms with Crippen LogP contribution in [-0.2, 0) is 7.05 Å². The van der Waals surface area contributed by atoms with E-state index in [1.165, 1.54) is 17.7 Å². The lowest BCUT2D eigenvalue weighted by Gasteiger charge is -2.15. The quantitative estimate of drug-likeness (QED) is 0.576. The van der Waals surface area contributed by atoms with Crippen molar-refractivity contribution in [3.63, 3.8) is 0 Å². The summed E-state index contributed by atoms with van der Waals surface area (Å²) in [6.45, 7) is 4.07. The number of rotatable bonds is 5. The molecule has 1 amide bonds. The highest BCUT2D eigenvalue weighted by Crippen LogP contribution is 2.26. The van der Waals surface area contributed by atoms with Crippen LogP contribution in [0.25, 0.3) is 16.2 Å². The Morgan fingerprint density at radius 3 is 2.85 bits per heavy atom. The van der Waals surface area contributed by atoms with E-state index in [2.05, 4.69) is 33.4 Å². The number of carbonyl (C=O) groups is 1. The molecule has 0 radical (unpaired) electrons. The van der Waals surface area contributed by atoms with Crippen LogP contribution in [0.5, 0.6) is 0 Å². The Kier molecular flexibility index (Phi) is 4.49. The number of hydrogen-bond donors (Lipinski definition) is 1.